The van der Waals surface area contributed by atoms with E-state index < -0.39 is 0 Å². The molecule has 1 atom stereocenters. The molecule has 17 heavy (non-hydrogen) atoms. The van der Waals surface area contributed by atoms with Crippen LogP contribution in [0.3, 0.4) is 0 Å². The van der Waals surface area contributed by atoms with Crippen LogP contribution in [0.4, 0.5) is 10.5 Å². The number of rotatable bonds is 2. The number of anilines is 1. The number of para-hydroxylation sites is 1. The molecule has 5 nitrogen and oxygen atoms in total. The van der Waals surface area contributed by atoms with Crippen molar-refractivity contribution in [3.8, 4) is 0 Å². The van der Waals surface area contributed by atoms with Gasteiger partial charge in [0.25, 0.3) is 0 Å². The second-order valence-electron chi connectivity index (χ2n) is 3.95. The number of nitrogens with zero attached hydrogens (tertiary/aromatic N) is 2. The van der Waals surface area contributed by atoms with Gasteiger partial charge < -0.3 is 0 Å². The number of carbonyl (C=O) groups is 2. The number of hydrogen-bond acceptors (Lipinski definition) is 3. The van der Waals surface area contributed by atoms with Gasteiger partial charge in [0.2, 0.25) is 5.91 Å². The first-order chi connectivity index (χ1) is 8.15. The summed E-state index contributed by atoms with van der Waals surface area (Å²) in [5, 5.41) is 2.99. The molecule has 0 bridgehead atoms. The third-order valence-electron chi connectivity index (χ3n) is 2.91. The summed E-state index contributed by atoms with van der Waals surface area (Å²) in [6.07, 6.45) is 0.00165. The maximum Gasteiger partial charge on any atom is 0.332 e. The van der Waals surface area contributed by atoms with Crippen molar-refractivity contribution < 1.29 is 9.59 Å². The lowest BCUT2D eigenvalue weighted by molar-refractivity contribution is -0.128. The second-order valence-corrected chi connectivity index (χ2v) is 3.95. The number of imide groups is 1. The summed E-state index contributed by atoms with van der Waals surface area (Å²) in [7, 11) is 3.25. The summed E-state index contributed by atoms with van der Waals surface area (Å²) < 4.78 is 0. The first-order valence-corrected chi connectivity index (χ1v) is 5.47. The van der Waals surface area contributed by atoms with Gasteiger partial charge in [-0.1, -0.05) is 18.2 Å². The molecular weight excluding hydrogens is 218 g/mol. The Kier molecular flexibility index (Phi) is 3.10. The van der Waals surface area contributed by atoms with Gasteiger partial charge in [-0.05, 0) is 19.2 Å². The summed E-state index contributed by atoms with van der Waals surface area (Å²) in [6.45, 7) is 0. The van der Waals surface area contributed by atoms with Crippen molar-refractivity contribution in [1.29, 1.82) is 0 Å². The molecule has 0 spiro atoms. The van der Waals surface area contributed by atoms with E-state index in [-0.39, 0.29) is 24.5 Å². The van der Waals surface area contributed by atoms with Crippen molar-refractivity contribution in [3.63, 3.8) is 0 Å². The van der Waals surface area contributed by atoms with Crippen molar-refractivity contribution in [2.24, 2.45) is 0 Å². The summed E-state index contributed by atoms with van der Waals surface area (Å²) in [5.74, 6) is -0.165. The predicted molar refractivity (Wildman–Crippen MR) is 64.6 cm³/mol. The Labute approximate surface area is 100 Å². The maximum atomic E-state index is 12.1. The molecule has 1 unspecified atom stereocenters. The van der Waals surface area contributed by atoms with Crippen LogP contribution < -0.4 is 10.2 Å². The fourth-order valence-corrected chi connectivity index (χ4v) is 1.91. The Bertz CT molecular complexity index is 433. The van der Waals surface area contributed by atoms with E-state index in [2.05, 4.69) is 5.32 Å². The van der Waals surface area contributed by atoms with E-state index >= 15 is 0 Å². The van der Waals surface area contributed by atoms with Crippen molar-refractivity contribution in [3.05, 3.63) is 30.3 Å². The molecule has 0 saturated carbocycles. The highest BCUT2D eigenvalue weighted by molar-refractivity contribution is 6.05. The number of amides is 3. The van der Waals surface area contributed by atoms with Crippen LogP contribution in [0.2, 0.25) is 0 Å². The molecule has 1 aromatic rings. The van der Waals surface area contributed by atoms with Crippen LogP contribution in [0.5, 0.6) is 0 Å². The van der Waals surface area contributed by atoms with E-state index in [4.69, 9.17) is 0 Å². The van der Waals surface area contributed by atoms with Crippen molar-refractivity contribution in [2.75, 3.05) is 19.0 Å². The van der Waals surface area contributed by atoms with Crippen LogP contribution in [0.1, 0.15) is 6.42 Å². The lowest BCUT2D eigenvalue weighted by Gasteiger charge is -2.38. The quantitative estimate of drug-likeness (QED) is 0.829. The molecule has 1 aliphatic heterocycles. The molecule has 0 radical (unpaired) electrons. The van der Waals surface area contributed by atoms with E-state index in [0.29, 0.717) is 0 Å². The summed E-state index contributed by atoms with van der Waals surface area (Å²) in [5.41, 5.74) is 0.788. The topological polar surface area (TPSA) is 52.7 Å². The molecule has 1 fully saturated rings. The van der Waals surface area contributed by atoms with Crippen LogP contribution in [-0.2, 0) is 4.79 Å². The average Bonchev–Trinajstić information content (AvgIpc) is 2.36. The summed E-state index contributed by atoms with van der Waals surface area (Å²) in [4.78, 5) is 26.4. The van der Waals surface area contributed by atoms with Gasteiger partial charge in [0, 0.05) is 12.7 Å². The predicted octanol–water partition coefficient (Wildman–Crippen LogP) is 1.02. The van der Waals surface area contributed by atoms with E-state index in [1.54, 1.807) is 11.9 Å². The molecule has 1 aromatic carbocycles. The minimum absolute atomic E-state index is 0.165. The molecular formula is C12H15N3O2. The highest BCUT2D eigenvalue weighted by Gasteiger charge is 2.36. The van der Waals surface area contributed by atoms with Crippen LogP contribution in [0, 0.1) is 0 Å². The van der Waals surface area contributed by atoms with Gasteiger partial charge in [-0.25, -0.2) is 4.79 Å². The Morgan fingerprint density at radius 3 is 2.47 bits per heavy atom. The molecule has 1 N–H and O–H groups in total. The zero-order chi connectivity index (χ0) is 12.4. The number of benzene rings is 1. The van der Waals surface area contributed by atoms with Crippen LogP contribution in [-0.4, -0.2) is 37.1 Å². The third kappa shape index (κ3) is 2.01. The third-order valence-corrected chi connectivity index (χ3v) is 2.91. The molecule has 0 aromatic heterocycles. The molecule has 0 aliphatic carbocycles. The normalized spacial score (nSPS) is 20.9. The van der Waals surface area contributed by atoms with Gasteiger partial charge in [-0.2, -0.15) is 0 Å². The molecule has 1 heterocycles. The van der Waals surface area contributed by atoms with Gasteiger partial charge in [0.1, 0.15) is 0 Å². The Morgan fingerprint density at radius 1 is 1.24 bits per heavy atom. The lowest BCUT2D eigenvalue weighted by Crippen LogP contribution is -2.59. The largest absolute Gasteiger partial charge is 0.332 e. The molecule has 1 saturated heterocycles. The SMILES string of the molecule is CNC1CC(=O)N(C)C(=O)N1c1ccccc1. The van der Waals surface area contributed by atoms with Crippen LogP contribution >= 0.6 is 0 Å². The Morgan fingerprint density at radius 2 is 1.88 bits per heavy atom. The number of hydrogen-bond donors (Lipinski definition) is 1. The number of urea groups is 1. The molecule has 5 heteroatoms. The summed E-state index contributed by atoms with van der Waals surface area (Å²) >= 11 is 0. The molecule has 3 amide bonds. The first-order valence-electron chi connectivity index (χ1n) is 5.47. The van der Waals surface area contributed by atoms with Crippen LogP contribution in [0.25, 0.3) is 0 Å². The van der Waals surface area contributed by atoms with E-state index in [1.165, 1.54) is 7.05 Å². The second kappa shape index (κ2) is 4.55. The average molecular weight is 233 g/mol. The number of carbonyl (C=O) groups excluding carboxylic acids is 2. The van der Waals surface area contributed by atoms with Crippen molar-refractivity contribution >= 4 is 17.6 Å². The van der Waals surface area contributed by atoms with Crippen molar-refractivity contribution in [2.45, 2.75) is 12.6 Å². The fraction of sp³-hybridized carbons (Fsp3) is 0.333. The van der Waals surface area contributed by atoms with E-state index in [1.807, 2.05) is 30.3 Å². The minimum Gasteiger partial charge on any atom is -0.299 e. The standard InChI is InChI=1S/C12H15N3O2/c1-13-10-8-11(16)14(2)12(17)15(10)9-6-4-3-5-7-9/h3-7,10,13H,8H2,1-2H3. The van der Waals surface area contributed by atoms with Crippen molar-refractivity contribution in [1.82, 2.24) is 10.2 Å². The van der Waals surface area contributed by atoms with Gasteiger partial charge in [-0.15, -0.1) is 0 Å². The van der Waals surface area contributed by atoms with Gasteiger partial charge in [-0.3, -0.25) is 19.9 Å². The Balaban J connectivity index is 2.36. The smallest absolute Gasteiger partial charge is 0.299 e. The highest BCUT2D eigenvalue weighted by atomic mass is 16.2. The first kappa shape index (κ1) is 11.6. The Hall–Kier alpha value is -1.88. The lowest BCUT2D eigenvalue weighted by atomic mass is 10.2. The zero-order valence-corrected chi connectivity index (χ0v) is 9.88. The summed E-state index contributed by atoms with van der Waals surface area (Å²) in [6, 6.07) is 9.03. The zero-order valence-electron chi connectivity index (χ0n) is 9.88. The van der Waals surface area contributed by atoms with Gasteiger partial charge >= 0.3 is 6.03 Å². The van der Waals surface area contributed by atoms with E-state index in [0.717, 1.165) is 10.6 Å². The highest BCUT2D eigenvalue weighted by Crippen LogP contribution is 2.22. The molecule has 2 rings (SSSR count). The number of nitrogens with one attached hydrogen (secondary N) is 1. The van der Waals surface area contributed by atoms with Crippen LogP contribution in [0.15, 0.2) is 30.3 Å². The fourth-order valence-electron chi connectivity index (χ4n) is 1.91. The van der Waals surface area contributed by atoms with Gasteiger partial charge in [0.05, 0.1) is 12.6 Å². The maximum absolute atomic E-state index is 12.1. The minimum atomic E-state index is -0.299. The van der Waals surface area contributed by atoms with Gasteiger partial charge in [0.15, 0.2) is 0 Å². The molecule has 90 valence electrons. The molecule has 1 aliphatic rings. The van der Waals surface area contributed by atoms with E-state index in [9.17, 15) is 9.59 Å². The monoisotopic (exact) mass is 233 g/mol.